The largest absolute Gasteiger partial charge is 0.296 e. The van der Waals surface area contributed by atoms with Gasteiger partial charge in [0, 0.05) is 7.05 Å². The molecule has 0 saturated carbocycles. The van der Waals surface area contributed by atoms with E-state index in [0.717, 1.165) is 24.8 Å². The number of hydrogen-bond acceptors (Lipinski definition) is 3. The second kappa shape index (κ2) is 7.22. The van der Waals surface area contributed by atoms with Gasteiger partial charge in [-0.15, -0.1) is 0 Å². The van der Waals surface area contributed by atoms with Gasteiger partial charge in [-0.2, -0.15) is 0 Å². The predicted octanol–water partition coefficient (Wildman–Crippen LogP) is 3.59. The molecule has 2 aromatic carbocycles. The first-order chi connectivity index (χ1) is 13.8. The zero-order valence-electron chi connectivity index (χ0n) is 16.8. The normalized spacial score (nSPS) is 13.7. The van der Waals surface area contributed by atoms with Gasteiger partial charge in [-0.3, -0.25) is 14.2 Å². The highest BCUT2D eigenvalue weighted by Crippen LogP contribution is 2.28. The zero-order chi connectivity index (χ0) is 20.8. The molecule has 152 valence electrons. The lowest BCUT2D eigenvalue weighted by atomic mass is 10.1. The highest BCUT2D eigenvalue weighted by Gasteiger charge is 2.26. The molecule has 29 heavy (non-hydrogen) atoms. The minimum atomic E-state index is -3.88. The number of fused-ring (bicyclic) bond motifs is 1. The lowest BCUT2D eigenvalue weighted by molar-refractivity contribution is 0.594. The van der Waals surface area contributed by atoms with Gasteiger partial charge in [0.2, 0.25) is 0 Å². The molecular weight excluding hydrogens is 386 g/mol. The number of aromatic nitrogens is 2. The molecule has 0 radical (unpaired) electrons. The molecule has 1 aliphatic rings. The highest BCUT2D eigenvalue weighted by molar-refractivity contribution is 7.92. The van der Waals surface area contributed by atoms with Crippen molar-refractivity contribution in [1.82, 2.24) is 9.36 Å². The van der Waals surface area contributed by atoms with Crippen molar-refractivity contribution in [3.8, 4) is 5.69 Å². The van der Waals surface area contributed by atoms with Gasteiger partial charge in [-0.1, -0.05) is 38.1 Å². The molecule has 1 heterocycles. The molecule has 0 bridgehead atoms. The van der Waals surface area contributed by atoms with Crippen LogP contribution in [-0.4, -0.2) is 17.8 Å². The zero-order valence-corrected chi connectivity index (χ0v) is 17.7. The molecule has 7 heteroatoms. The molecule has 1 aromatic heterocycles. The molecule has 0 aliphatic heterocycles. The van der Waals surface area contributed by atoms with Gasteiger partial charge in [0.25, 0.3) is 15.6 Å². The van der Waals surface area contributed by atoms with Gasteiger partial charge in [0.15, 0.2) is 0 Å². The van der Waals surface area contributed by atoms with Crippen LogP contribution in [0, 0.1) is 0 Å². The number of rotatable bonds is 5. The molecule has 4 rings (SSSR count). The van der Waals surface area contributed by atoms with E-state index in [2.05, 4.69) is 4.72 Å². The summed E-state index contributed by atoms with van der Waals surface area (Å²) in [5, 5.41) is 0. The summed E-state index contributed by atoms with van der Waals surface area (Å²) in [5.41, 5.74) is 3.33. The summed E-state index contributed by atoms with van der Waals surface area (Å²) in [4.78, 5) is 13.4. The van der Waals surface area contributed by atoms with E-state index in [9.17, 15) is 13.2 Å². The Morgan fingerprint density at radius 2 is 1.69 bits per heavy atom. The number of anilines is 1. The molecule has 1 aliphatic carbocycles. The highest BCUT2D eigenvalue weighted by atomic mass is 32.2. The topological polar surface area (TPSA) is 73.1 Å². The third-order valence-electron chi connectivity index (χ3n) is 5.48. The standard InChI is InChI=1S/C22H25N3O3S/c1-15(2)21-20(22(26)25(24(21)3)18-10-5-4-6-11-18)23-29(27,28)19-13-12-16-8-7-9-17(16)14-19/h4-6,10-15,23H,7-9H2,1-3H3. The number of para-hydroxylation sites is 1. The van der Waals surface area contributed by atoms with E-state index in [0.29, 0.717) is 11.4 Å². The van der Waals surface area contributed by atoms with Crippen LogP contribution in [0.4, 0.5) is 5.69 Å². The molecule has 0 saturated heterocycles. The molecule has 0 atom stereocenters. The first kappa shape index (κ1) is 19.5. The molecule has 0 amide bonds. The van der Waals surface area contributed by atoms with Crippen molar-refractivity contribution in [2.45, 2.75) is 43.9 Å². The molecule has 3 aromatic rings. The second-order valence-electron chi connectivity index (χ2n) is 7.78. The van der Waals surface area contributed by atoms with Gasteiger partial charge in [-0.05, 0) is 60.6 Å². The number of sulfonamides is 1. The smallest absolute Gasteiger partial charge is 0.283 e. The maximum atomic E-state index is 13.2. The van der Waals surface area contributed by atoms with E-state index in [1.807, 2.05) is 50.2 Å². The van der Waals surface area contributed by atoms with Gasteiger partial charge in [0.05, 0.1) is 16.3 Å². The van der Waals surface area contributed by atoms with Crippen LogP contribution >= 0.6 is 0 Å². The predicted molar refractivity (Wildman–Crippen MR) is 114 cm³/mol. The monoisotopic (exact) mass is 411 g/mol. The van der Waals surface area contributed by atoms with E-state index in [1.54, 1.807) is 23.9 Å². The van der Waals surface area contributed by atoms with Crippen LogP contribution in [0.15, 0.2) is 58.2 Å². The van der Waals surface area contributed by atoms with E-state index in [-0.39, 0.29) is 22.1 Å². The third kappa shape index (κ3) is 3.40. The Bertz CT molecular complexity index is 1220. The molecule has 1 N–H and O–H groups in total. The van der Waals surface area contributed by atoms with Crippen LogP contribution in [-0.2, 0) is 29.9 Å². The van der Waals surface area contributed by atoms with Crippen LogP contribution in [0.25, 0.3) is 5.69 Å². The first-order valence-electron chi connectivity index (χ1n) is 9.81. The van der Waals surface area contributed by atoms with Crippen LogP contribution in [0.1, 0.15) is 43.0 Å². The van der Waals surface area contributed by atoms with Crippen molar-refractivity contribution in [2.75, 3.05) is 4.72 Å². The lowest BCUT2D eigenvalue weighted by Crippen LogP contribution is -2.23. The number of benzene rings is 2. The lowest BCUT2D eigenvalue weighted by Gasteiger charge is -2.13. The Morgan fingerprint density at radius 1 is 1.00 bits per heavy atom. The first-order valence-corrected chi connectivity index (χ1v) is 11.3. The molecule has 0 unspecified atom stereocenters. The van der Waals surface area contributed by atoms with E-state index in [4.69, 9.17) is 0 Å². The van der Waals surface area contributed by atoms with Crippen LogP contribution in [0.5, 0.6) is 0 Å². The van der Waals surface area contributed by atoms with E-state index >= 15 is 0 Å². The van der Waals surface area contributed by atoms with E-state index in [1.165, 1.54) is 10.2 Å². The number of aryl methyl sites for hydroxylation is 2. The average molecular weight is 412 g/mol. The SMILES string of the molecule is CC(C)c1c(NS(=O)(=O)c2ccc3c(c2)CCC3)c(=O)n(-c2ccccc2)n1C. The molecule has 0 spiro atoms. The van der Waals surface area contributed by atoms with Crippen molar-refractivity contribution in [3.05, 3.63) is 75.7 Å². The third-order valence-corrected chi connectivity index (χ3v) is 6.82. The van der Waals surface area contributed by atoms with Crippen LogP contribution in [0.3, 0.4) is 0 Å². The minimum Gasteiger partial charge on any atom is -0.283 e. The Hall–Kier alpha value is -2.80. The van der Waals surface area contributed by atoms with Gasteiger partial charge < -0.3 is 0 Å². The summed E-state index contributed by atoms with van der Waals surface area (Å²) >= 11 is 0. The summed E-state index contributed by atoms with van der Waals surface area (Å²) in [6.45, 7) is 3.88. The average Bonchev–Trinajstić information content (AvgIpc) is 3.24. The Morgan fingerprint density at radius 3 is 2.38 bits per heavy atom. The molecule has 6 nitrogen and oxygen atoms in total. The fourth-order valence-electron chi connectivity index (χ4n) is 4.15. The second-order valence-corrected chi connectivity index (χ2v) is 9.46. The Kier molecular flexibility index (Phi) is 4.86. The van der Waals surface area contributed by atoms with Crippen molar-refractivity contribution in [3.63, 3.8) is 0 Å². The van der Waals surface area contributed by atoms with Crippen LogP contribution < -0.4 is 10.3 Å². The molecular formula is C22H25N3O3S. The fourth-order valence-corrected chi connectivity index (χ4v) is 5.27. The number of hydrogen-bond donors (Lipinski definition) is 1. The van der Waals surface area contributed by atoms with Crippen molar-refractivity contribution < 1.29 is 8.42 Å². The summed E-state index contributed by atoms with van der Waals surface area (Å²) < 4.78 is 32.0. The van der Waals surface area contributed by atoms with Gasteiger partial charge in [-0.25, -0.2) is 13.1 Å². The summed E-state index contributed by atoms with van der Waals surface area (Å²) in [6.07, 6.45) is 2.92. The Balaban J connectivity index is 1.82. The summed E-state index contributed by atoms with van der Waals surface area (Å²) in [7, 11) is -2.10. The Labute approximate surface area is 170 Å². The maximum absolute atomic E-state index is 13.2. The molecule has 0 fully saturated rings. The quantitative estimate of drug-likeness (QED) is 0.697. The summed E-state index contributed by atoms with van der Waals surface area (Å²) in [6, 6.07) is 14.5. The van der Waals surface area contributed by atoms with Gasteiger partial charge >= 0.3 is 0 Å². The van der Waals surface area contributed by atoms with Gasteiger partial charge in [0.1, 0.15) is 5.69 Å². The number of nitrogens with one attached hydrogen (secondary N) is 1. The maximum Gasteiger partial charge on any atom is 0.296 e. The number of nitrogens with zero attached hydrogens (tertiary/aromatic N) is 2. The van der Waals surface area contributed by atoms with Crippen LogP contribution in [0.2, 0.25) is 0 Å². The van der Waals surface area contributed by atoms with Crippen molar-refractivity contribution in [2.24, 2.45) is 7.05 Å². The van der Waals surface area contributed by atoms with E-state index < -0.39 is 10.0 Å². The fraction of sp³-hybridized carbons (Fsp3) is 0.318. The van der Waals surface area contributed by atoms with Crippen molar-refractivity contribution in [1.29, 1.82) is 0 Å². The minimum absolute atomic E-state index is 0.0459. The summed E-state index contributed by atoms with van der Waals surface area (Å²) in [5.74, 6) is -0.0459. The van der Waals surface area contributed by atoms with Crippen molar-refractivity contribution >= 4 is 15.7 Å².